The van der Waals surface area contributed by atoms with Gasteiger partial charge in [0.15, 0.2) is 5.76 Å². The van der Waals surface area contributed by atoms with E-state index in [9.17, 15) is 22.8 Å². The van der Waals surface area contributed by atoms with E-state index in [1.807, 2.05) is 60.7 Å². The highest BCUT2D eigenvalue weighted by Crippen LogP contribution is 2.37. The molecule has 0 spiro atoms. The Morgan fingerprint density at radius 3 is 2.05 bits per heavy atom. The highest BCUT2D eigenvalue weighted by Gasteiger charge is 2.37. The highest BCUT2D eigenvalue weighted by atomic mass is 19.4. The van der Waals surface area contributed by atoms with Crippen LogP contribution in [0.5, 0.6) is 0 Å². The van der Waals surface area contributed by atoms with Gasteiger partial charge in [0.1, 0.15) is 5.69 Å². The summed E-state index contributed by atoms with van der Waals surface area (Å²) in [6, 6.07) is 29.4. The number of halogens is 3. The number of benzene rings is 4. The zero-order chi connectivity index (χ0) is 28.6. The lowest BCUT2D eigenvalue weighted by Crippen LogP contribution is -2.42. The lowest BCUT2D eigenvalue weighted by Gasteiger charge is -2.29. The smallest absolute Gasteiger partial charge is 0.416 e. The van der Waals surface area contributed by atoms with Gasteiger partial charge in [-0.2, -0.15) is 18.2 Å². The molecule has 5 aromatic rings. The molecule has 0 aliphatic carbocycles. The van der Waals surface area contributed by atoms with Crippen molar-refractivity contribution in [2.24, 2.45) is 0 Å². The van der Waals surface area contributed by atoms with Crippen LogP contribution < -0.4 is 10.2 Å². The number of amides is 2. The van der Waals surface area contributed by atoms with Crippen molar-refractivity contribution in [2.75, 3.05) is 10.2 Å². The molecule has 4 aromatic carbocycles. The minimum atomic E-state index is -4.64. The number of carbonyl (C=O) groups is 2. The first-order valence-corrected chi connectivity index (χ1v) is 12.5. The third-order valence-corrected chi connectivity index (χ3v) is 6.57. The van der Waals surface area contributed by atoms with Crippen molar-refractivity contribution in [3.8, 4) is 22.6 Å². The molecule has 1 aliphatic heterocycles. The van der Waals surface area contributed by atoms with Crippen molar-refractivity contribution in [3.05, 3.63) is 132 Å². The van der Waals surface area contributed by atoms with Gasteiger partial charge in [-0.25, -0.2) is 4.90 Å². The van der Waals surface area contributed by atoms with Crippen LogP contribution in [0.1, 0.15) is 21.5 Å². The molecular formula is C32H20F3N3O3. The fourth-order valence-corrected chi connectivity index (χ4v) is 4.64. The zero-order valence-electron chi connectivity index (χ0n) is 21.2. The molecule has 2 heterocycles. The third-order valence-electron chi connectivity index (χ3n) is 6.57. The average Bonchev–Trinajstić information content (AvgIpc) is 3.42. The molecule has 0 saturated carbocycles. The molecule has 0 unspecified atom stereocenters. The summed E-state index contributed by atoms with van der Waals surface area (Å²) in [5.41, 5.74) is 1.57. The van der Waals surface area contributed by atoms with Crippen molar-refractivity contribution in [3.63, 3.8) is 0 Å². The number of rotatable bonds is 5. The van der Waals surface area contributed by atoms with Crippen LogP contribution in [-0.4, -0.2) is 16.8 Å². The molecule has 9 heteroatoms. The summed E-state index contributed by atoms with van der Waals surface area (Å²) in [7, 11) is 0. The molecule has 6 rings (SSSR count). The topological polar surface area (TPSA) is 75.4 Å². The van der Waals surface area contributed by atoms with Gasteiger partial charge in [0, 0.05) is 28.5 Å². The van der Waals surface area contributed by atoms with Crippen LogP contribution in [0.15, 0.2) is 120 Å². The van der Waals surface area contributed by atoms with Crippen molar-refractivity contribution in [2.45, 2.75) is 6.18 Å². The second-order valence-electron chi connectivity index (χ2n) is 9.17. The maximum Gasteiger partial charge on any atom is 0.416 e. The van der Waals surface area contributed by atoms with Crippen LogP contribution in [0.2, 0.25) is 0 Å². The summed E-state index contributed by atoms with van der Waals surface area (Å²) in [6.45, 7) is 0. The second kappa shape index (κ2) is 10.3. The van der Waals surface area contributed by atoms with Gasteiger partial charge >= 0.3 is 6.18 Å². The quantitative estimate of drug-likeness (QED) is 0.179. The Bertz CT molecular complexity index is 1740. The number of hydrogen-bond donors (Lipinski definition) is 1. The van der Waals surface area contributed by atoms with E-state index in [0.717, 1.165) is 34.2 Å². The number of carbonyl (C=O) groups excluding carboxylic acids is 2. The molecule has 6 nitrogen and oxygen atoms in total. The van der Waals surface area contributed by atoms with Gasteiger partial charge in [-0.05, 0) is 24.3 Å². The summed E-state index contributed by atoms with van der Waals surface area (Å²) in [5.74, 6) is -1.01. The maximum absolute atomic E-state index is 13.7. The Morgan fingerprint density at radius 1 is 0.732 bits per heavy atom. The van der Waals surface area contributed by atoms with Crippen molar-refractivity contribution < 1.29 is 27.2 Å². The molecule has 0 fully saturated rings. The first kappa shape index (κ1) is 25.8. The summed E-state index contributed by atoms with van der Waals surface area (Å²) < 4.78 is 46.3. The number of hydrogen-bond acceptors (Lipinski definition) is 5. The van der Waals surface area contributed by atoms with Crippen molar-refractivity contribution in [1.82, 2.24) is 4.98 Å². The number of aromatic nitrogens is 1. The number of oxazole rings is 1. The van der Waals surface area contributed by atoms with Gasteiger partial charge in [-0.3, -0.25) is 9.59 Å². The van der Waals surface area contributed by atoms with Gasteiger partial charge in [-0.1, -0.05) is 84.9 Å². The van der Waals surface area contributed by atoms with Gasteiger partial charge in [0.05, 0.1) is 16.8 Å². The van der Waals surface area contributed by atoms with Crippen LogP contribution >= 0.6 is 0 Å². The lowest BCUT2D eigenvalue weighted by atomic mass is 9.93. The fourth-order valence-electron chi connectivity index (χ4n) is 4.64. The van der Waals surface area contributed by atoms with Crippen LogP contribution in [-0.2, 0) is 11.0 Å². The number of anilines is 2. The highest BCUT2D eigenvalue weighted by molar-refractivity contribution is 6.41. The first-order valence-electron chi connectivity index (χ1n) is 12.5. The zero-order valence-corrected chi connectivity index (χ0v) is 21.2. The number of alkyl halides is 3. The van der Waals surface area contributed by atoms with E-state index in [0.29, 0.717) is 17.0 Å². The maximum atomic E-state index is 13.7. The molecule has 0 radical (unpaired) electrons. The number of nitrogens with zero attached hydrogens (tertiary/aromatic N) is 2. The molecule has 1 aliphatic rings. The van der Waals surface area contributed by atoms with E-state index in [1.165, 1.54) is 18.3 Å². The van der Waals surface area contributed by atoms with E-state index in [2.05, 4.69) is 10.3 Å². The summed E-state index contributed by atoms with van der Waals surface area (Å²) in [4.78, 5) is 32.3. The largest absolute Gasteiger partial charge is 0.423 e. The van der Waals surface area contributed by atoms with Gasteiger partial charge < -0.3 is 9.73 Å². The molecule has 1 aromatic heterocycles. The Labute approximate surface area is 232 Å². The number of imide groups is 1. The van der Waals surface area contributed by atoms with E-state index < -0.39 is 23.6 Å². The van der Waals surface area contributed by atoms with Crippen LogP contribution in [0.25, 0.3) is 28.2 Å². The monoisotopic (exact) mass is 551 g/mol. The minimum Gasteiger partial charge on any atom is -0.423 e. The van der Waals surface area contributed by atoms with E-state index in [-0.39, 0.29) is 22.8 Å². The van der Waals surface area contributed by atoms with Crippen LogP contribution in [0.4, 0.5) is 24.9 Å². The third kappa shape index (κ3) is 4.89. The number of fused-ring (bicyclic) bond motifs is 1. The first-order chi connectivity index (χ1) is 19.8. The Kier molecular flexibility index (Phi) is 6.47. The fraction of sp³-hybridized carbons (Fsp3) is 0.0312. The lowest BCUT2D eigenvalue weighted by molar-refractivity contribution is -0.137. The van der Waals surface area contributed by atoms with Crippen molar-refractivity contribution in [1.29, 1.82) is 0 Å². The van der Waals surface area contributed by atoms with Gasteiger partial charge in [-0.15, -0.1) is 0 Å². The average molecular weight is 552 g/mol. The van der Waals surface area contributed by atoms with E-state index in [1.54, 1.807) is 18.2 Å². The van der Waals surface area contributed by atoms with E-state index >= 15 is 0 Å². The minimum absolute atomic E-state index is 0.0540. The number of nitrogens with one attached hydrogen (secondary N) is 1. The molecule has 1 N–H and O–H groups in total. The summed E-state index contributed by atoms with van der Waals surface area (Å²) >= 11 is 0. The predicted molar refractivity (Wildman–Crippen MR) is 149 cm³/mol. The molecule has 202 valence electrons. The normalized spacial score (nSPS) is 14.3. The van der Waals surface area contributed by atoms with Crippen molar-refractivity contribution >= 4 is 29.1 Å². The molecule has 0 atom stereocenters. The SMILES string of the molecule is O=C1C(=CNc2nc(-c3ccccc3)c(-c3ccccc3)o2)c2ccccc2C(=O)N1c1cccc(C(F)(F)F)c1. The summed E-state index contributed by atoms with van der Waals surface area (Å²) in [6.07, 6.45) is -3.29. The molecule has 0 saturated heterocycles. The second-order valence-corrected chi connectivity index (χ2v) is 9.17. The Morgan fingerprint density at radius 2 is 1.37 bits per heavy atom. The standard InChI is InChI=1S/C32H20F3N3O3/c33-32(34,35)22-14-9-15-23(18-22)38-29(39)25-17-8-7-16-24(25)26(30(38)40)19-36-31-37-27(20-10-3-1-4-11-20)28(41-31)21-12-5-2-6-13-21/h1-19H,(H,36,37). The Hall–Kier alpha value is -5.44. The van der Waals surface area contributed by atoms with Gasteiger partial charge in [0.2, 0.25) is 0 Å². The summed E-state index contributed by atoms with van der Waals surface area (Å²) in [5, 5.41) is 2.93. The molecule has 2 amide bonds. The van der Waals surface area contributed by atoms with Crippen LogP contribution in [0.3, 0.4) is 0 Å². The Balaban J connectivity index is 1.42. The molecular weight excluding hydrogens is 531 g/mol. The van der Waals surface area contributed by atoms with E-state index in [4.69, 9.17) is 4.42 Å². The van der Waals surface area contributed by atoms with Crippen LogP contribution in [0, 0.1) is 0 Å². The van der Waals surface area contributed by atoms with Gasteiger partial charge in [0.25, 0.3) is 17.8 Å². The molecule has 41 heavy (non-hydrogen) atoms. The predicted octanol–water partition coefficient (Wildman–Crippen LogP) is 7.67. The molecule has 0 bridgehead atoms.